The molecule has 1 aromatic heterocycles. The Balaban J connectivity index is 2.36. The normalized spacial score (nSPS) is 12.4. The Bertz CT molecular complexity index is 311. The predicted octanol–water partition coefficient (Wildman–Crippen LogP) is 2.34. The number of aromatic nitrogens is 1. The van der Waals surface area contributed by atoms with Gasteiger partial charge in [-0.25, -0.2) is 4.98 Å². The first-order valence-electron chi connectivity index (χ1n) is 4.84. The Morgan fingerprint density at radius 2 is 2.50 bits per heavy atom. The predicted molar refractivity (Wildman–Crippen MR) is 61.2 cm³/mol. The smallest absolute Gasteiger partial charge is 0.0897 e. The van der Waals surface area contributed by atoms with Gasteiger partial charge in [-0.1, -0.05) is 6.92 Å². The van der Waals surface area contributed by atoms with Crippen LogP contribution < -0.4 is 5.32 Å². The van der Waals surface area contributed by atoms with Crippen molar-refractivity contribution in [3.63, 3.8) is 0 Å². The van der Waals surface area contributed by atoms with Gasteiger partial charge in [0.2, 0.25) is 0 Å². The Kier molecular flexibility index (Phi) is 4.64. The fraction of sp³-hybridized carbons (Fsp3) is 0.545. The summed E-state index contributed by atoms with van der Waals surface area (Å²) < 4.78 is 0. The molecule has 1 atom stereocenters. The van der Waals surface area contributed by atoms with Crippen molar-refractivity contribution in [1.82, 2.24) is 10.3 Å². The number of thiazole rings is 1. The molecule has 0 aliphatic carbocycles. The van der Waals surface area contributed by atoms with E-state index in [0.29, 0.717) is 6.04 Å². The van der Waals surface area contributed by atoms with Crippen LogP contribution in [0.5, 0.6) is 0 Å². The molecule has 2 nitrogen and oxygen atoms in total. The first-order chi connectivity index (χ1) is 6.76. The van der Waals surface area contributed by atoms with E-state index >= 15 is 0 Å². The van der Waals surface area contributed by atoms with Crippen molar-refractivity contribution >= 4 is 11.3 Å². The Hall–Kier alpha value is -0.850. The highest BCUT2D eigenvalue weighted by Gasteiger charge is 2.04. The van der Waals surface area contributed by atoms with Crippen molar-refractivity contribution in [2.75, 3.05) is 0 Å². The van der Waals surface area contributed by atoms with Crippen LogP contribution in [0.4, 0.5) is 0 Å². The van der Waals surface area contributed by atoms with E-state index in [1.807, 2.05) is 6.92 Å². The minimum absolute atomic E-state index is 0.419. The monoisotopic (exact) mass is 208 g/mol. The summed E-state index contributed by atoms with van der Waals surface area (Å²) in [4.78, 5) is 4.38. The van der Waals surface area contributed by atoms with Crippen LogP contribution in [-0.2, 0) is 6.54 Å². The van der Waals surface area contributed by atoms with Gasteiger partial charge in [0.25, 0.3) is 0 Å². The SMILES string of the molecule is C#CCC(CC)NCc1csc(C)n1. The van der Waals surface area contributed by atoms with Crippen LogP contribution in [-0.4, -0.2) is 11.0 Å². The maximum absolute atomic E-state index is 5.27. The van der Waals surface area contributed by atoms with E-state index < -0.39 is 0 Å². The molecular weight excluding hydrogens is 192 g/mol. The van der Waals surface area contributed by atoms with Crippen molar-refractivity contribution in [2.24, 2.45) is 0 Å². The largest absolute Gasteiger partial charge is 0.307 e. The molecule has 76 valence electrons. The van der Waals surface area contributed by atoms with Crippen LogP contribution in [0.25, 0.3) is 0 Å². The number of hydrogen-bond acceptors (Lipinski definition) is 3. The van der Waals surface area contributed by atoms with Gasteiger partial charge < -0.3 is 5.32 Å². The van der Waals surface area contributed by atoms with Crippen molar-refractivity contribution in [1.29, 1.82) is 0 Å². The van der Waals surface area contributed by atoms with E-state index in [0.717, 1.165) is 30.1 Å². The topological polar surface area (TPSA) is 24.9 Å². The third kappa shape index (κ3) is 3.49. The van der Waals surface area contributed by atoms with E-state index in [-0.39, 0.29) is 0 Å². The summed E-state index contributed by atoms with van der Waals surface area (Å²) in [5.41, 5.74) is 1.11. The van der Waals surface area contributed by atoms with Crippen LogP contribution >= 0.6 is 11.3 Å². The molecule has 0 saturated carbocycles. The Morgan fingerprint density at radius 1 is 1.71 bits per heavy atom. The van der Waals surface area contributed by atoms with Gasteiger partial charge in [-0.3, -0.25) is 0 Å². The highest BCUT2D eigenvalue weighted by Crippen LogP contribution is 2.08. The summed E-state index contributed by atoms with van der Waals surface area (Å²) in [6.45, 7) is 4.98. The molecule has 0 bridgehead atoms. The van der Waals surface area contributed by atoms with Crippen molar-refractivity contribution in [2.45, 2.75) is 39.3 Å². The zero-order chi connectivity index (χ0) is 10.4. The molecule has 1 unspecified atom stereocenters. The molecule has 0 fully saturated rings. The molecule has 0 saturated heterocycles. The highest BCUT2D eigenvalue weighted by atomic mass is 32.1. The summed E-state index contributed by atoms with van der Waals surface area (Å²) in [6.07, 6.45) is 7.13. The molecule has 14 heavy (non-hydrogen) atoms. The fourth-order valence-corrected chi connectivity index (χ4v) is 1.85. The number of nitrogens with zero attached hydrogens (tertiary/aromatic N) is 1. The van der Waals surface area contributed by atoms with Crippen LogP contribution in [0, 0.1) is 19.3 Å². The summed E-state index contributed by atoms with van der Waals surface area (Å²) in [7, 11) is 0. The van der Waals surface area contributed by atoms with Crippen molar-refractivity contribution in [3.8, 4) is 12.3 Å². The second kappa shape index (κ2) is 5.79. The van der Waals surface area contributed by atoms with Gasteiger partial charge in [-0.15, -0.1) is 23.7 Å². The summed E-state index contributed by atoms with van der Waals surface area (Å²) in [6, 6.07) is 0.419. The number of rotatable bonds is 5. The fourth-order valence-electron chi connectivity index (χ4n) is 1.24. The molecule has 0 amide bonds. The van der Waals surface area contributed by atoms with Gasteiger partial charge in [-0.05, 0) is 13.3 Å². The molecule has 0 spiro atoms. The molecule has 1 rings (SSSR count). The summed E-state index contributed by atoms with van der Waals surface area (Å²) in [5, 5.41) is 6.61. The second-order valence-electron chi connectivity index (χ2n) is 3.25. The van der Waals surface area contributed by atoms with Crippen LogP contribution in [0.1, 0.15) is 30.5 Å². The minimum atomic E-state index is 0.419. The zero-order valence-electron chi connectivity index (χ0n) is 8.71. The van der Waals surface area contributed by atoms with Crippen LogP contribution in [0.15, 0.2) is 5.38 Å². The van der Waals surface area contributed by atoms with Crippen LogP contribution in [0.2, 0.25) is 0 Å². The Labute approximate surface area is 89.8 Å². The molecule has 1 heterocycles. The number of terminal acetylenes is 1. The lowest BCUT2D eigenvalue weighted by Crippen LogP contribution is -2.27. The number of aryl methyl sites for hydroxylation is 1. The van der Waals surface area contributed by atoms with Crippen LogP contribution in [0.3, 0.4) is 0 Å². The third-order valence-corrected chi connectivity index (χ3v) is 2.92. The van der Waals surface area contributed by atoms with E-state index in [4.69, 9.17) is 6.42 Å². The molecule has 3 heteroatoms. The van der Waals surface area contributed by atoms with E-state index in [2.05, 4.69) is 28.5 Å². The average molecular weight is 208 g/mol. The molecule has 0 aromatic carbocycles. The highest BCUT2D eigenvalue weighted by molar-refractivity contribution is 7.09. The molecule has 1 aromatic rings. The van der Waals surface area contributed by atoms with Gasteiger partial charge >= 0.3 is 0 Å². The molecular formula is C11H16N2S. The summed E-state index contributed by atoms with van der Waals surface area (Å²) in [5.74, 6) is 2.68. The van der Waals surface area contributed by atoms with Gasteiger partial charge in [0.15, 0.2) is 0 Å². The average Bonchev–Trinajstić information content (AvgIpc) is 2.59. The van der Waals surface area contributed by atoms with E-state index in [1.54, 1.807) is 11.3 Å². The first-order valence-corrected chi connectivity index (χ1v) is 5.72. The number of nitrogens with one attached hydrogen (secondary N) is 1. The standard InChI is InChI=1S/C11H16N2S/c1-4-6-10(5-2)12-7-11-8-14-9(3)13-11/h1,8,10,12H,5-7H2,2-3H3. The first kappa shape index (κ1) is 11.2. The third-order valence-electron chi connectivity index (χ3n) is 2.10. The minimum Gasteiger partial charge on any atom is -0.307 e. The Morgan fingerprint density at radius 3 is 3.00 bits per heavy atom. The summed E-state index contributed by atoms with van der Waals surface area (Å²) >= 11 is 1.69. The van der Waals surface area contributed by atoms with Gasteiger partial charge in [0.05, 0.1) is 10.7 Å². The molecule has 1 N–H and O–H groups in total. The molecule has 0 aliphatic rings. The zero-order valence-corrected chi connectivity index (χ0v) is 9.53. The second-order valence-corrected chi connectivity index (χ2v) is 4.31. The van der Waals surface area contributed by atoms with E-state index in [9.17, 15) is 0 Å². The number of hydrogen-bond donors (Lipinski definition) is 1. The van der Waals surface area contributed by atoms with Crippen molar-refractivity contribution in [3.05, 3.63) is 16.1 Å². The molecule has 0 aliphatic heterocycles. The lowest BCUT2D eigenvalue weighted by molar-refractivity contribution is 0.503. The maximum atomic E-state index is 5.27. The lowest BCUT2D eigenvalue weighted by atomic mass is 10.1. The van der Waals surface area contributed by atoms with Crippen molar-refractivity contribution < 1.29 is 0 Å². The van der Waals surface area contributed by atoms with Gasteiger partial charge in [-0.2, -0.15) is 0 Å². The molecule has 0 radical (unpaired) electrons. The maximum Gasteiger partial charge on any atom is 0.0897 e. The lowest BCUT2D eigenvalue weighted by Gasteiger charge is -2.12. The van der Waals surface area contributed by atoms with Gasteiger partial charge in [0.1, 0.15) is 0 Å². The quantitative estimate of drug-likeness (QED) is 0.751. The van der Waals surface area contributed by atoms with Gasteiger partial charge in [0, 0.05) is 24.4 Å². The van der Waals surface area contributed by atoms with E-state index in [1.165, 1.54) is 0 Å².